The molecule has 1 heterocycles. The molecule has 0 bridgehead atoms. The van der Waals surface area contributed by atoms with E-state index in [1.165, 1.54) is 6.92 Å². The number of Topliss-reactive ketones (excluding diaryl/α,β-unsaturated/α-hetero) is 1. The van der Waals surface area contributed by atoms with Gasteiger partial charge < -0.3 is 4.90 Å². The van der Waals surface area contributed by atoms with Gasteiger partial charge in [0, 0.05) is 12.2 Å². The molecule has 3 heteroatoms. The van der Waals surface area contributed by atoms with Crippen LogP contribution in [0.1, 0.15) is 25.3 Å². The number of carbonyl (C=O) groups excluding carboxylic acids is 2. The van der Waals surface area contributed by atoms with E-state index < -0.39 is 5.92 Å². The fraction of sp³-hybridized carbons (Fsp3) is 0.429. The van der Waals surface area contributed by atoms with Crippen LogP contribution in [0.15, 0.2) is 24.3 Å². The van der Waals surface area contributed by atoms with Crippen LogP contribution >= 0.6 is 0 Å². The highest BCUT2D eigenvalue weighted by atomic mass is 16.2. The molecule has 2 rings (SSSR count). The molecule has 0 saturated carbocycles. The standard InChI is InChI=1S/C14H17NO2/c1-10-5-3-6-12(9-10)15-8-4-7-13(11(2)16)14(15)17/h3,5-6,9,13H,4,7-8H2,1-2H3/t13-/m0/s1. The molecule has 0 unspecified atom stereocenters. The van der Waals surface area contributed by atoms with Crippen LogP contribution in [0.25, 0.3) is 0 Å². The number of piperidine rings is 1. The van der Waals surface area contributed by atoms with E-state index in [9.17, 15) is 9.59 Å². The molecule has 1 amide bonds. The molecular formula is C14H17NO2. The lowest BCUT2D eigenvalue weighted by atomic mass is 9.93. The molecule has 0 aromatic heterocycles. The first-order valence-corrected chi connectivity index (χ1v) is 5.98. The summed E-state index contributed by atoms with van der Waals surface area (Å²) in [4.78, 5) is 25.3. The summed E-state index contributed by atoms with van der Waals surface area (Å²) < 4.78 is 0. The lowest BCUT2D eigenvalue weighted by Gasteiger charge is -2.31. The van der Waals surface area contributed by atoms with Crippen molar-refractivity contribution in [2.45, 2.75) is 26.7 Å². The van der Waals surface area contributed by atoms with E-state index in [1.807, 2.05) is 31.2 Å². The van der Waals surface area contributed by atoms with E-state index in [1.54, 1.807) is 4.90 Å². The molecule has 1 fully saturated rings. The Morgan fingerprint density at radius 3 is 2.82 bits per heavy atom. The van der Waals surface area contributed by atoms with Crippen LogP contribution in [0.4, 0.5) is 5.69 Å². The lowest BCUT2D eigenvalue weighted by molar-refractivity contribution is -0.132. The normalized spacial score (nSPS) is 20.5. The first-order valence-electron chi connectivity index (χ1n) is 5.98. The van der Waals surface area contributed by atoms with Crippen LogP contribution in [-0.4, -0.2) is 18.2 Å². The number of benzene rings is 1. The summed E-state index contributed by atoms with van der Waals surface area (Å²) in [5.41, 5.74) is 2.03. The summed E-state index contributed by atoms with van der Waals surface area (Å²) in [5.74, 6) is -0.508. The van der Waals surface area contributed by atoms with Crippen LogP contribution in [0, 0.1) is 12.8 Å². The predicted molar refractivity (Wildman–Crippen MR) is 66.9 cm³/mol. The maximum atomic E-state index is 12.2. The monoisotopic (exact) mass is 231 g/mol. The van der Waals surface area contributed by atoms with Crippen molar-refractivity contribution in [1.29, 1.82) is 0 Å². The lowest BCUT2D eigenvalue weighted by Crippen LogP contribution is -2.43. The summed E-state index contributed by atoms with van der Waals surface area (Å²) in [6.45, 7) is 4.22. The highest BCUT2D eigenvalue weighted by Gasteiger charge is 2.32. The van der Waals surface area contributed by atoms with Crippen molar-refractivity contribution in [2.75, 3.05) is 11.4 Å². The zero-order valence-electron chi connectivity index (χ0n) is 10.3. The largest absolute Gasteiger partial charge is 0.312 e. The molecule has 1 aliphatic rings. The van der Waals surface area contributed by atoms with Crippen molar-refractivity contribution in [3.63, 3.8) is 0 Å². The van der Waals surface area contributed by atoms with Crippen molar-refractivity contribution < 1.29 is 9.59 Å². The third kappa shape index (κ3) is 2.38. The Bertz CT molecular complexity index is 453. The van der Waals surface area contributed by atoms with Gasteiger partial charge in [-0.3, -0.25) is 9.59 Å². The number of rotatable bonds is 2. The van der Waals surface area contributed by atoms with Gasteiger partial charge in [-0.1, -0.05) is 12.1 Å². The van der Waals surface area contributed by atoms with Crippen LogP contribution in [0.5, 0.6) is 0 Å². The Hall–Kier alpha value is -1.64. The number of hydrogen-bond donors (Lipinski definition) is 0. The minimum atomic E-state index is -0.440. The molecule has 90 valence electrons. The highest BCUT2D eigenvalue weighted by molar-refractivity contribution is 6.08. The zero-order valence-corrected chi connectivity index (χ0v) is 10.3. The SMILES string of the molecule is CC(=O)[C@@H]1CCCN(c2cccc(C)c2)C1=O. The Kier molecular flexibility index (Phi) is 3.27. The van der Waals surface area contributed by atoms with Crippen LogP contribution < -0.4 is 4.90 Å². The second-order valence-corrected chi connectivity index (χ2v) is 4.63. The Morgan fingerprint density at radius 2 is 2.18 bits per heavy atom. The molecule has 1 saturated heterocycles. The van der Waals surface area contributed by atoms with E-state index in [0.717, 1.165) is 17.7 Å². The van der Waals surface area contributed by atoms with E-state index >= 15 is 0 Å². The third-order valence-electron chi connectivity index (χ3n) is 3.24. The summed E-state index contributed by atoms with van der Waals surface area (Å²) in [6, 6.07) is 7.85. The molecule has 3 nitrogen and oxygen atoms in total. The molecule has 1 aromatic carbocycles. The van der Waals surface area contributed by atoms with E-state index in [2.05, 4.69) is 0 Å². The van der Waals surface area contributed by atoms with Gasteiger partial charge in [0.05, 0.1) is 5.92 Å². The molecule has 0 spiro atoms. The van der Waals surface area contributed by atoms with Crippen LogP contribution in [0.3, 0.4) is 0 Å². The number of amides is 1. The van der Waals surface area contributed by atoms with Crippen molar-refractivity contribution >= 4 is 17.4 Å². The average molecular weight is 231 g/mol. The van der Waals surface area contributed by atoms with Gasteiger partial charge in [0.25, 0.3) is 0 Å². The van der Waals surface area contributed by atoms with Crippen molar-refractivity contribution in [3.05, 3.63) is 29.8 Å². The van der Waals surface area contributed by atoms with Gasteiger partial charge in [0.2, 0.25) is 5.91 Å². The maximum absolute atomic E-state index is 12.2. The van der Waals surface area contributed by atoms with E-state index in [0.29, 0.717) is 13.0 Å². The number of anilines is 1. The second kappa shape index (κ2) is 4.70. The van der Waals surface area contributed by atoms with Crippen LogP contribution in [-0.2, 0) is 9.59 Å². The molecule has 17 heavy (non-hydrogen) atoms. The van der Waals surface area contributed by atoms with Gasteiger partial charge in [-0.05, 0) is 44.4 Å². The molecule has 1 aromatic rings. The summed E-state index contributed by atoms with van der Waals surface area (Å²) in [5, 5.41) is 0. The molecule has 0 aliphatic carbocycles. The number of ketones is 1. The summed E-state index contributed by atoms with van der Waals surface area (Å²) in [7, 11) is 0. The number of hydrogen-bond acceptors (Lipinski definition) is 2. The quantitative estimate of drug-likeness (QED) is 0.732. The smallest absolute Gasteiger partial charge is 0.237 e. The Labute approximate surface area is 101 Å². The molecular weight excluding hydrogens is 214 g/mol. The fourth-order valence-electron chi connectivity index (χ4n) is 2.30. The van der Waals surface area contributed by atoms with Gasteiger partial charge in [-0.25, -0.2) is 0 Å². The van der Waals surface area contributed by atoms with E-state index in [4.69, 9.17) is 0 Å². The first-order chi connectivity index (χ1) is 8.09. The van der Waals surface area contributed by atoms with Gasteiger partial charge in [0.1, 0.15) is 5.78 Å². The first kappa shape index (κ1) is 11.8. The maximum Gasteiger partial charge on any atom is 0.237 e. The second-order valence-electron chi connectivity index (χ2n) is 4.63. The molecule has 0 N–H and O–H groups in total. The number of aryl methyl sites for hydroxylation is 1. The predicted octanol–water partition coefficient (Wildman–Crippen LogP) is 2.33. The molecule has 1 aliphatic heterocycles. The van der Waals surface area contributed by atoms with Crippen molar-refractivity contribution in [1.82, 2.24) is 0 Å². The topological polar surface area (TPSA) is 37.4 Å². The summed E-state index contributed by atoms with van der Waals surface area (Å²) in [6.07, 6.45) is 1.58. The zero-order chi connectivity index (χ0) is 12.4. The fourth-order valence-corrected chi connectivity index (χ4v) is 2.30. The minimum Gasteiger partial charge on any atom is -0.312 e. The van der Waals surface area contributed by atoms with Gasteiger partial charge in [-0.2, -0.15) is 0 Å². The van der Waals surface area contributed by atoms with Gasteiger partial charge in [-0.15, -0.1) is 0 Å². The summed E-state index contributed by atoms with van der Waals surface area (Å²) >= 11 is 0. The number of nitrogens with zero attached hydrogens (tertiary/aromatic N) is 1. The highest BCUT2D eigenvalue weighted by Crippen LogP contribution is 2.25. The Morgan fingerprint density at radius 1 is 1.41 bits per heavy atom. The van der Waals surface area contributed by atoms with Crippen LogP contribution in [0.2, 0.25) is 0 Å². The van der Waals surface area contributed by atoms with Crippen molar-refractivity contribution in [2.24, 2.45) is 5.92 Å². The molecule has 1 atom stereocenters. The van der Waals surface area contributed by atoms with E-state index in [-0.39, 0.29) is 11.7 Å². The van der Waals surface area contributed by atoms with Gasteiger partial charge >= 0.3 is 0 Å². The number of carbonyl (C=O) groups is 2. The molecule has 0 radical (unpaired) electrons. The third-order valence-corrected chi connectivity index (χ3v) is 3.24. The van der Waals surface area contributed by atoms with Crippen molar-refractivity contribution in [3.8, 4) is 0 Å². The minimum absolute atomic E-state index is 0.0210. The Balaban J connectivity index is 2.27. The average Bonchev–Trinajstić information content (AvgIpc) is 2.29. The van der Waals surface area contributed by atoms with Gasteiger partial charge in [0.15, 0.2) is 0 Å².